The predicted molar refractivity (Wildman–Crippen MR) is 119 cm³/mol. The van der Waals surface area contributed by atoms with Crippen LogP contribution in [0.1, 0.15) is 29.3 Å². The van der Waals surface area contributed by atoms with Gasteiger partial charge in [0.2, 0.25) is 0 Å². The first-order chi connectivity index (χ1) is 13.9. The summed E-state index contributed by atoms with van der Waals surface area (Å²) in [7, 11) is -3.65. The number of ketones is 1. The average Bonchev–Trinajstić information content (AvgIpc) is 2.74. The van der Waals surface area contributed by atoms with Crippen molar-refractivity contribution in [3.8, 4) is 0 Å². The Kier molecular flexibility index (Phi) is 7.07. The minimum atomic E-state index is -3.65. The third-order valence-corrected chi connectivity index (χ3v) is 10.3. The summed E-state index contributed by atoms with van der Waals surface area (Å²) in [4.78, 5) is 13.1. The van der Waals surface area contributed by atoms with Crippen LogP contribution in [0.2, 0.25) is 4.82 Å². The monoisotopic (exact) mass is 472 g/mol. The number of carbonyl (C=O) groups is 1. The van der Waals surface area contributed by atoms with Gasteiger partial charge in [-0.3, -0.25) is 0 Å². The van der Waals surface area contributed by atoms with Crippen LogP contribution in [-0.4, -0.2) is 34.4 Å². The molecule has 0 N–H and O–H groups in total. The van der Waals surface area contributed by atoms with E-state index in [1.807, 2.05) is 62.4 Å². The molecule has 0 spiro atoms. The Morgan fingerprint density at radius 1 is 0.862 bits per heavy atom. The second-order valence-electron chi connectivity index (χ2n) is 6.89. The molecule has 0 aliphatic rings. The van der Waals surface area contributed by atoms with E-state index >= 15 is 0 Å². The van der Waals surface area contributed by atoms with E-state index in [9.17, 15) is 13.2 Å². The van der Waals surface area contributed by atoms with Gasteiger partial charge in [-0.2, -0.15) is 0 Å². The van der Waals surface area contributed by atoms with Crippen molar-refractivity contribution in [3.05, 3.63) is 96.1 Å². The molecule has 0 aromatic heterocycles. The number of carbonyl (C=O) groups excluding carboxylic acids is 1. The second kappa shape index (κ2) is 9.53. The fraction of sp³-hybridized carbons (Fsp3) is 0.208. The van der Waals surface area contributed by atoms with Gasteiger partial charge in [-0.15, -0.1) is 0 Å². The van der Waals surface area contributed by atoms with E-state index in [0.717, 1.165) is 10.0 Å². The normalized spacial score (nSPS) is 13.6. The number of hydrogen-bond acceptors (Lipinski definition) is 3. The van der Waals surface area contributed by atoms with Crippen molar-refractivity contribution in [2.75, 3.05) is 0 Å². The molecule has 0 unspecified atom stereocenters. The van der Waals surface area contributed by atoms with Crippen molar-refractivity contribution in [1.82, 2.24) is 0 Å². The molecule has 3 aromatic carbocycles. The molecule has 3 nitrogen and oxygen atoms in total. The molecule has 0 amide bonds. The van der Waals surface area contributed by atoms with Crippen molar-refractivity contribution in [2.45, 2.75) is 35.2 Å². The quantitative estimate of drug-likeness (QED) is 0.365. The van der Waals surface area contributed by atoms with Gasteiger partial charge < -0.3 is 0 Å². The Labute approximate surface area is 179 Å². The van der Waals surface area contributed by atoms with Gasteiger partial charge in [0.05, 0.1) is 0 Å². The van der Waals surface area contributed by atoms with Crippen LogP contribution < -0.4 is 4.46 Å². The van der Waals surface area contributed by atoms with Gasteiger partial charge in [0.15, 0.2) is 0 Å². The van der Waals surface area contributed by atoms with Crippen molar-refractivity contribution in [2.24, 2.45) is 0 Å². The van der Waals surface area contributed by atoms with Crippen LogP contribution in [0.3, 0.4) is 0 Å². The number of sulfone groups is 1. The predicted octanol–water partition coefficient (Wildman–Crippen LogP) is 4.25. The number of hydrogen-bond donors (Lipinski definition) is 0. The number of benzene rings is 3. The standard InChI is InChI=1S/C24H24O3SSe/c1-3-22(28(26,27)20-16-14-18(2)15-17-20)24(29-21-12-8-5-9-13-21)23(25)19-10-6-4-7-11-19/h4-17,22,24H,3H2,1-2H3/t22-,24-/m0/s1. The van der Waals surface area contributed by atoms with E-state index in [4.69, 9.17) is 0 Å². The SMILES string of the molecule is CC[C@@H]([C@H]([Se]c1ccccc1)C(=O)c1ccccc1)S(=O)(=O)c1ccc(C)cc1. The van der Waals surface area contributed by atoms with E-state index in [1.54, 1.807) is 36.4 Å². The third kappa shape index (κ3) is 5.05. The first-order valence-electron chi connectivity index (χ1n) is 9.55. The van der Waals surface area contributed by atoms with Gasteiger partial charge in [0.25, 0.3) is 0 Å². The van der Waals surface area contributed by atoms with E-state index in [0.29, 0.717) is 12.0 Å². The second-order valence-corrected chi connectivity index (χ2v) is 11.6. The Morgan fingerprint density at radius 2 is 1.41 bits per heavy atom. The zero-order valence-corrected chi connectivity index (χ0v) is 19.0. The summed E-state index contributed by atoms with van der Waals surface area (Å²) < 4.78 is 28.0. The van der Waals surface area contributed by atoms with E-state index in [1.165, 1.54) is 0 Å². The van der Waals surface area contributed by atoms with Crippen molar-refractivity contribution >= 4 is 35.0 Å². The molecule has 3 aromatic rings. The summed E-state index contributed by atoms with van der Waals surface area (Å²) in [5.41, 5.74) is 1.57. The van der Waals surface area contributed by atoms with Crippen molar-refractivity contribution in [3.63, 3.8) is 0 Å². The Hall–Kier alpha value is -2.20. The fourth-order valence-electron chi connectivity index (χ4n) is 3.21. The zero-order chi connectivity index (χ0) is 20.9. The molecule has 3 rings (SSSR count). The summed E-state index contributed by atoms with van der Waals surface area (Å²) in [6.07, 6.45) is 0.383. The number of rotatable bonds is 8. The van der Waals surface area contributed by atoms with Gasteiger partial charge in [-0.1, -0.05) is 0 Å². The summed E-state index contributed by atoms with van der Waals surface area (Å²) in [5.74, 6) is -0.100. The topological polar surface area (TPSA) is 51.2 Å². The third-order valence-electron chi connectivity index (χ3n) is 4.81. The molecule has 2 atom stereocenters. The molecule has 150 valence electrons. The Balaban J connectivity index is 2.04. The van der Waals surface area contributed by atoms with E-state index in [2.05, 4.69) is 0 Å². The van der Waals surface area contributed by atoms with Gasteiger partial charge in [-0.05, 0) is 0 Å². The molecular formula is C24H24O3SSe. The molecule has 0 fully saturated rings. The molecular weight excluding hydrogens is 447 g/mol. The minimum absolute atomic E-state index is 0.100. The van der Waals surface area contributed by atoms with Crippen LogP contribution in [0.4, 0.5) is 0 Å². The molecule has 0 heterocycles. The molecule has 0 aliphatic carbocycles. The van der Waals surface area contributed by atoms with Gasteiger partial charge >= 0.3 is 180 Å². The van der Waals surface area contributed by atoms with Crippen molar-refractivity contribution < 1.29 is 13.2 Å². The Morgan fingerprint density at radius 3 is 1.97 bits per heavy atom. The van der Waals surface area contributed by atoms with Crippen LogP contribution in [-0.2, 0) is 9.84 Å². The van der Waals surface area contributed by atoms with Crippen LogP contribution >= 0.6 is 0 Å². The summed E-state index contributed by atoms with van der Waals surface area (Å²) in [6.45, 7) is 3.77. The van der Waals surface area contributed by atoms with E-state index in [-0.39, 0.29) is 25.6 Å². The number of aryl methyl sites for hydroxylation is 1. The molecule has 0 saturated carbocycles. The van der Waals surface area contributed by atoms with Gasteiger partial charge in [0, 0.05) is 0 Å². The van der Waals surface area contributed by atoms with Gasteiger partial charge in [-0.25, -0.2) is 0 Å². The number of Topliss-reactive ketones (excluding diaryl/α,β-unsaturated/α-hetero) is 1. The summed E-state index contributed by atoms with van der Waals surface area (Å²) >= 11 is -0.313. The van der Waals surface area contributed by atoms with Crippen LogP contribution in [0.25, 0.3) is 0 Å². The molecule has 29 heavy (non-hydrogen) atoms. The molecule has 5 heteroatoms. The molecule has 0 bridgehead atoms. The van der Waals surface area contributed by atoms with Crippen LogP contribution in [0.15, 0.2) is 89.8 Å². The first-order valence-corrected chi connectivity index (χ1v) is 12.9. The van der Waals surface area contributed by atoms with Crippen LogP contribution in [0, 0.1) is 6.92 Å². The van der Waals surface area contributed by atoms with Gasteiger partial charge in [0.1, 0.15) is 0 Å². The van der Waals surface area contributed by atoms with Crippen molar-refractivity contribution in [1.29, 1.82) is 0 Å². The first kappa shape index (κ1) is 21.5. The molecule has 0 aliphatic heterocycles. The molecule has 0 radical (unpaired) electrons. The average molecular weight is 471 g/mol. The van der Waals surface area contributed by atoms with Crippen LogP contribution in [0.5, 0.6) is 0 Å². The maximum atomic E-state index is 13.5. The fourth-order valence-corrected chi connectivity index (χ4v) is 8.68. The maximum absolute atomic E-state index is 13.5. The molecule has 0 saturated heterocycles. The summed E-state index contributed by atoms with van der Waals surface area (Å²) in [5, 5.41) is -0.766. The summed E-state index contributed by atoms with van der Waals surface area (Å²) in [6, 6.07) is 25.6. The Bertz CT molecular complexity index is 1050. The van der Waals surface area contributed by atoms with E-state index < -0.39 is 19.9 Å². The zero-order valence-electron chi connectivity index (χ0n) is 16.5.